The highest BCUT2D eigenvalue weighted by Gasteiger charge is 2.34. The number of nitrogens with one attached hydrogen (secondary N) is 1. The van der Waals surface area contributed by atoms with Crippen LogP contribution in [-0.2, 0) is 11.2 Å². The van der Waals surface area contributed by atoms with Crippen LogP contribution in [-0.4, -0.2) is 30.5 Å². The first-order valence-corrected chi connectivity index (χ1v) is 9.23. The van der Waals surface area contributed by atoms with Gasteiger partial charge in [-0.25, -0.2) is 13.8 Å². The fourth-order valence-electron chi connectivity index (χ4n) is 2.95. The zero-order valence-electron chi connectivity index (χ0n) is 13.9. The molecule has 0 atom stereocenters. The summed E-state index contributed by atoms with van der Waals surface area (Å²) in [5, 5.41) is 3.75. The van der Waals surface area contributed by atoms with Gasteiger partial charge in [-0.15, -0.1) is 0 Å². The normalized spacial score (nSPS) is 14.5. The molecule has 1 aliphatic rings. The van der Waals surface area contributed by atoms with E-state index >= 15 is 0 Å². The monoisotopic (exact) mass is 373 g/mol. The predicted octanol–water partition coefficient (Wildman–Crippen LogP) is 3.37. The van der Waals surface area contributed by atoms with E-state index in [1.165, 1.54) is 35.6 Å². The second-order valence-corrected chi connectivity index (χ2v) is 7.39. The molecule has 0 unspecified atom stereocenters. The van der Waals surface area contributed by atoms with E-state index in [-0.39, 0.29) is 23.5 Å². The summed E-state index contributed by atoms with van der Waals surface area (Å²) in [6.07, 6.45) is 0.673. The number of hydrogen-bond donors (Lipinski definition) is 1. The van der Waals surface area contributed by atoms with E-state index in [0.717, 1.165) is 20.9 Å². The molecule has 0 spiro atoms. The van der Waals surface area contributed by atoms with Crippen molar-refractivity contribution >= 4 is 32.6 Å². The van der Waals surface area contributed by atoms with E-state index < -0.39 is 0 Å². The fourth-order valence-corrected chi connectivity index (χ4v) is 3.96. The summed E-state index contributed by atoms with van der Waals surface area (Å²) in [4.78, 5) is 18.7. The Morgan fingerprint density at radius 1 is 1.15 bits per heavy atom. The molecule has 7 heteroatoms. The third kappa shape index (κ3) is 3.53. The summed E-state index contributed by atoms with van der Waals surface area (Å²) in [5.41, 5.74) is 1.77. The lowest BCUT2D eigenvalue weighted by molar-refractivity contribution is -0.125. The van der Waals surface area contributed by atoms with Gasteiger partial charge in [0.2, 0.25) is 5.91 Å². The van der Waals surface area contributed by atoms with Gasteiger partial charge in [0, 0.05) is 19.6 Å². The van der Waals surface area contributed by atoms with Gasteiger partial charge in [0.05, 0.1) is 16.1 Å². The lowest BCUT2D eigenvalue weighted by atomic mass is 10.00. The van der Waals surface area contributed by atoms with Gasteiger partial charge in [-0.05, 0) is 42.3 Å². The highest BCUT2D eigenvalue weighted by molar-refractivity contribution is 7.22. The van der Waals surface area contributed by atoms with Crippen molar-refractivity contribution in [1.29, 1.82) is 0 Å². The van der Waals surface area contributed by atoms with Crippen molar-refractivity contribution in [2.45, 2.75) is 6.42 Å². The maximum atomic E-state index is 13.3. The van der Waals surface area contributed by atoms with Crippen LogP contribution in [0.15, 0.2) is 42.5 Å². The van der Waals surface area contributed by atoms with Crippen molar-refractivity contribution < 1.29 is 13.6 Å². The molecule has 0 saturated carbocycles. The number of fused-ring (bicyclic) bond motifs is 1. The Bertz CT molecular complexity index is 936. The number of hydrogen-bond acceptors (Lipinski definition) is 4. The van der Waals surface area contributed by atoms with Crippen LogP contribution in [0.4, 0.5) is 13.9 Å². The Labute approximate surface area is 153 Å². The summed E-state index contributed by atoms with van der Waals surface area (Å²) in [5.74, 6) is -0.567. The van der Waals surface area contributed by atoms with E-state index in [0.29, 0.717) is 26.1 Å². The highest BCUT2D eigenvalue weighted by atomic mass is 32.1. The zero-order chi connectivity index (χ0) is 18.1. The van der Waals surface area contributed by atoms with Gasteiger partial charge in [-0.2, -0.15) is 0 Å². The summed E-state index contributed by atoms with van der Waals surface area (Å²) in [6, 6.07) is 10.8. The van der Waals surface area contributed by atoms with E-state index in [1.807, 2.05) is 4.90 Å². The first-order valence-electron chi connectivity index (χ1n) is 8.42. The quantitative estimate of drug-likeness (QED) is 0.746. The lowest BCUT2D eigenvalue weighted by Gasteiger charge is -2.37. The first-order chi connectivity index (χ1) is 12.6. The van der Waals surface area contributed by atoms with Crippen LogP contribution < -0.4 is 10.2 Å². The predicted molar refractivity (Wildman–Crippen MR) is 98.4 cm³/mol. The van der Waals surface area contributed by atoms with Crippen LogP contribution in [0.3, 0.4) is 0 Å². The fraction of sp³-hybridized carbons (Fsp3) is 0.263. The Morgan fingerprint density at radius 2 is 1.88 bits per heavy atom. The van der Waals surface area contributed by atoms with E-state index in [1.54, 1.807) is 18.2 Å². The van der Waals surface area contributed by atoms with Crippen molar-refractivity contribution in [3.05, 3.63) is 59.7 Å². The maximum absolute atomic E-state index is 13.3. The van der Waals surface area contributed by atoms with Gasteiger partial charge in [0.15, 0.2) is 5.13 Å². The molecule has 4 nitrogen and oxygen atoms in total. The minimum absolute atomic E-state index is 0.0236. The van der Waals surface area contributed by atoms with Gasteiger partial charge >= 0.3 is 0 Å². The molecule has 2 heterocycles. The second-order valence-electron chi connectivity index (χ2n) is 6.38. The van der Waals surface area contributed by atoms with Gasteiger partial charge in [0.1, 0.15) is 11.6 Å². The topological polar surface area (TPSA) is 45.2 Å². The number of amides is 1. The number of carbonyl (C=O) groups excluding carboxylic acids is 1. The first kappa shape index (κ1) is 16.9. The van der Waals surface area contributed by atoms with Gasteiger partial charge in [-0.1, -0.05) is 23.5 Å². The van der Waals surface area contributed by atoms with Crippen LogP contribution in [0, 0.1) is 17.6 Å². The molecule has 3 aromatic rings. The van der Waals surface area contributed by atoms with Crippen molar-refractivity contribution in [3.63, 3.8) is 0 Å². The smallest absolute Gasteiger partial charge is 0.226 e. The Kier molecular flexibility index (Phi) is 4.55. The van der Waals surface area contributed by atoms with Crippen LogP contribution in [0.1, 0.15) is 5.56 Å². The zero-order valence-corrected chi connectivity index (χ0v) is 14.7. The Morgan fingerprint density at radius 3 is 2.65 bits per heavy atom. The average Bonchev–Trinajstić information content (AvgIpc) is 2.97. The molecule has 1 N–H and O–H groups in total. The maximum Gasteiger partial charge on any atom is 0.226 e. The summed E-state index contributed by atoms with van der Waals surface area (Å²) in [6.45, 7) is 1.76. The van der Waals surface area contributed by atoms with Crippen molar-refractivity contribution in [1.82, 2.24) is 10.3 Å². The van der Waals surface area contributed by atoms with Crippen LogP contribution >= 0.6 is 11.3 Å². The molecule has 134 valence electrons. The van der Waals surface area contributed by atoms with Crippen molar-refractivity contribution in [3.8, 4) is 0 Å². The molecule has 1 saturated heterocycles. The SMILES string of the molecule is O=C(NCCc1ccc(F)cc1)C1CN(c2nc3ccc(F)cc3s2)C1. The number of benzene rings is 2. The van der Waals surface area contributed by atoms with E-state index in [2.05, 4.69) is 10.3 Å². The van der Waals surface area contributed by atoms with Crippen LogP contribution in [0.25, 0.3) is 10.2 Å². The third-order valence-corrected chi connectivity index (χ3v) is 5.57. The molecule has 1 amide bonds. The number of halogens is 2. The summed E-state index contributed by atoms with van der Waals surface area (Å²) < 4.78 is 26.9. The van der Waals surface area contributed by atoms with Gasteiger partial charge in [-0.3, -0.25) is 4.79 Å². The Hall–Kier alpha value is -2.54. The van der Waals surface area contributed by atoms with Crippen LogP contribution in [0.2, 0.25) is 0 Å². The molecule has 1 fully saturated rings. The standard InChI is InChI=1S/C19H17F2N3OS/c20-14-3-1-12(2-4-14)7-8-22-18(25)13-10-24(11-13)19-23-16-6-5-15(21)9-17(16)26-19/h1-6,9,13H,7-8,10-11H2,(H,22,25). The number of carbonyl (C=O) groups is 1. The van der Waals surface area contributed by atoms with Crippen molar-refractivity contribution in [2.75, 3.05) is 24.5 Å². The average molecular weight is 373 g/mol. The van der Waals surface area contributed by atoms with E-state index in [9.17, 15) is 13.6 Å². The molecule has 26 heavy (non-hydrogen) atoms. The van der Waals surface area contributed by atoms with E-state index in [4.69, 9.17) is 0 Å². The molecule has 1 aliphatic heterocycles. The van der Waals surface area contributed by atoms with Crippen LogP contribution in [0.5, 0.6) is 0 Å². The molecule has 0 aliphatic carbocycles. The second kappa shape index (κ2) is 6.99. The number of anilines is 1. The minimum Gasteiger partial charge on any atom is -0.355 e. The Balaban J connectivity index is 1.26. The summed E-state index contributed by atoms with van der Waals surface area (Å²) in [7, 11) is 0. The molecule has 2 aromatic carbocycles. The van der Waals surface area contributed by atoms with Crippen molar-refractivity contribution in [2.24, 2.45) is 5.92 Å². The lowest BCUT2D eigenvalue weighted by Crippen LogP contribution is -2.54. The molecule has 4 rings (SSSR count). The summed E-state index contributed by atoms with van der Waals surface area (Å²) >= 11 is 1.44. The number of aromatic nitrogens is 1. The molecular weight excluding hydrogens is 356 g/mol. The molecule has 0 radical (unpaired) electrons. The molecule has 1 aromatic heterocycles. The molecular formula is C19H17F2N3OS. The minimum atomic E-state index is -0.269. The largest absolute Gasteiger partial charge is 0.355 e. The number of rotatable bonds is 5. The third-order valence-electron chi connectivity index (χ3n) is 4.49. The number of thiazole rings is 1. The molecule has 0 bridgehead atoms. The van der Waals surface area contributed by atoms with Gasteiger partial charge < -0.3 is 10.2 Å². The van der Waals surface area contributed by atoms with Gasteiger partial charge in [0.25, 0.3) is 0 Å². The number of nitrogens with zero attached hydrogens (tertiary/aromatic N) is 2. The highest BCUT2D eigenvalue weighted by Crippen LogP contribution is 2.33.